The van der Waals surface area contributed by atoms with Crippen LogP contribution in [0.2, 0.25) is 0 Å². The van der Waals surface area contributed by atoms with E-state index >= 15 is 0 Å². The quantitative estimate of drug-likeness (QED) is 0.855. The molecule has 2 nitrogen and oxygen atoms in total. The number of thiazole rings is 1. The molecule has 0 amide bonds. The maximum atomic E-state index is 5.10. The van der Waals surface area contributed by atoms with Crippen molar-refractivity contribution in [2.45, 2.75) is 19.3 Å². The molecule has 2 heterocycles. The van der Waals surface area contributed by atoms with E-state index in [0.717, 1.165) is 10.4 Å². The molecule has 0 atom stereocenters. The van der Waals surface area contributed by atoms with E-state index < -0.39 is 0 Å². The molecule has 0 saturated carbocycles. The molecule has 1 saturated heterocycles. The SMILES string of the molecule is S=c1[nH]cc(Cc2ccc(N3CCCC3)cc2)s1. The largest absolute Gasteiger partial charge is 0.372 e. The van der Waals surface area contributed by atoms with Crippen LogP contribution in [0, 0.1) is 3.95 Å². The molecule has 1 fully saturated rings. The van der Waals surface area contributed by atoms with E-state index in [0.29, 0.717) is 0 Å². The Labute approximate surface area is 116 Å². The zero-order chi connectivity index (χ0) is 12.4. The van der Waals surface area contributed by atoms with Crippen molar-refractivity contribution in [2.24, 2.45) is 0 Å². The third-order valence-electron chi connectivity index (χ3n) is 3.36. The van der Waals surface area contributed by atoms with Crippen molar-refractivity contribution >= 4 is 29.2 Å². The molecule has 1 aromatic carbocycles. The molecule has 18 heavy (non-hydrogen) atoms. The van der Waals surface area contributed by atoms with Crippen LogP contribution in [0.3, 0.4) is 0 Å². The number of hydrogen-bond acceptors (Lipinski definition) is 3. The van der Waals surface area contributed by atoms with Gasteiger partial charge in [0.1, 0.15) is 0 Å². The van der Waals surface area contributed by atoms with Gasteiger partial charge in [-0.3, -0.25) is 0 Å². The third kappa shape index (κ3) is 2.65. The van der Waals surface area contributed by atoms with Crippen LogP contribution in [0.4, 0.5) is 5.69 Å². The van der Waals surface area contributed by atoms with Gasteiger partial charge in [-0.05, 0) is 42.8 Å². The lowest BCUT2D eigenvalue weighted by Crippen LogP contribution is -2.17. The summed E-state index contributed by atoms with van der Waals surface area (Å²) in [5.41, 5.74) is 2.71. The molecule has 2 aromatic rings. The van der Waals surface area contributed by atoms with E-state index in [1.165, 1.54) is 42.1 Å². The van der Waals surface area contributed by atoms with Crippen molar-refractivity contribution in [3.8, 4) is 0 Å². The fraction of sp³-hybridized carbons (Fsp3) is 0.357. The summed E-state index contributed by atoms with van der Waals surface area (Å²) in [6, 6.07) is 8.95. The number of rotatable bonds is 3. The minimum Gasteiger partial charge on any atom is -0.372 e. The van der Waals surface area contributed by atoms with Gasteiger partial charge in [0.05, 0.1) is 0 Å². The summed E-state index contributed by atoms with van der Waals surface area (Å²) in [7, 11) is 0. The minimum absolute atomic E-state index is 0.860. The maximum Gasteiger partial charge on any atom is 0.158 e. The summed E-state index contributed by atoms with van der Waals surface area (Å²) in [6.45, 7) is 2.41. The third-order valence-corrected chi connectivity index (χ3v) is 4.56. The normalized spacial score (nSPS) is 15.2. The first kappa shape index (κ1) is 11.9. The van der Waals surface area contributed by atoms with Crippen molar-refractivity contribution in [3.63, 3.8) is 0 Å². The number of nitrogens with one attached hydrogen (secondary N) is 1. The minimum atomic E-state index is 0.860. The van der Waals surface area contributed by atoms with E-state index in [9.17, 15) is 0 Å². The second-order valence-corrected chi connectivity index (χ2v) is 6.49. The van der Waals surface area contributed by atoms with Crippen molar-refractivity contribution < 1.29 is 0 Å². The zero-order valence-corrected chi connectivity index (χ0v) is 11.8. The van der Waals surface area contributed by atoms with Crippen LogP contribution in [0.5, 0.6) is 0 Å². The van der Waals surface area contributed by atoms with E-state index in [1.54, 1.807) is 11.3 Å². The zero-order valence-electron chi connectivity index (χ0n) is 10.2. The van der Waals surface area contributed by atoms with Gasteiger partial charge >= 0.3 is 0 Å². The van der Waals surface area contributed by atoms with Crippen LogP contribution in [0.15, 0.2) is 30.5 Å². The molecular formula is C14H16N2S2. The predicted octanol–water partition coefficient (Wildman–Crippen LogP) is 4.00. The smallest absolute Gasteiger partial charge is 0.158 e. The molecule has 1 aliphatic heterocycles. The standard InChI is InChI=1S/C14H16N2S2/c17-14-15-10-13(18-14)9-11-3-5-12(6-4-11)16-7-1-2-8-16/h3-6,10H,1-2,7-9H2,(H,15,17). The first-order valence-corrected chi connectivity index (χ1v) is 7.55. The first-order valence-electron chi connectivity index (χ1n) is 6.32. The van der Waals surface area contributed by atoms with Crippen molar-refractivity contribution in [2.75, 3.05) is 18.0 Å². The van der Waals surface area contributed by atoms with Gasteiger partial charge in [-0.25, -0.2) is 0 Å². The number of aromatic nitrogens is 1. The van der Waals surface area contributed by atoms with E-state index in [-0.39, 0.29) is 0 Å². The summed E-state index contributed by atoms with van der Waals surface area (Å²) in [6.07, 6.45) is 5.64. The molecular weight excluding hydrogens is 260 g/mol. The lowest BCUT2D eigenvalue weighted by Gasteiger charge is -2.17. The molecule has 0 aliphatic carbocycles. The number of hydrogen-bond donors (Lipinski definition) is 1. The molecule has 0 radical (unpaired) electrons. The highest BCUT2D eigenvalue weighted by Gasteiger charge is 2.11. The van der Waals surface area contributed by atoms with Gasteiger partial charge in [0.25, 0.3) is 0 Å². The van der Waals surface area contributed by atoms with Gasteiger partial charge in [0.2, 0.25) is 0 Å². The molecule has 4 heteroatoms. The van der Waals surface area contributed by atoms with E-state index in [4.69, 9.17) is 12.2 Å². The monoisotopic (exact) mass is 276 g/mol. The van der Waals surface area contributed by atoms with Crippen LogP contribution >= 0.6 is 23.6 Å². The lowest BCUT2D eigenvalue weighted by molar-refractivity contribution is 0.949. The van der Waals surface area contributed by atoms with Crippen molar-refractivity contribution in [3.05, 3.63) is 44.9 Å². The molecule has 1 N–H and O–H groups in total. The summed E-state index contributed by atoms with van der Waals surface area (Å²) in [4.78, 5) is 6.83. The van der Waals surface area contributed by atoms with Crippen LogP contribution in [0.1, 0.15) is 23.3 Å². The average molecular weight is 276 g/mol. The van der Waals surface area contributed by atoms with Crippen molar-refractivity contribution in [1.82, 2.24) is 4.98 Å². The van der Waals surface area contributed by atoms with Crippen molar-refractivity contribution in [1.29, 1.82) is 0 Å². The Morgan fingerprint density at radius 1 is 1.17 bits per heavy atom. The van der Waals surface area contributed by atoms with Gasteiger partial charge in [-0.1, -0.05) is 12.1 Å². The molecule has 1 aromatic heterocycles. The summed E-state index contributed by atoms with van der Waals surface area (Å²) >= 11 is 6.76. The number of benzene rings is 1. The van der Waals surface area contributed by atoms with Gasteiger partial charge < -0.3 is 9.88 Å². The molecule has 94 valence electrons. The number of H-pyrrole nitrogens is 1. The second kappa shape index (κ2) is 5.24. The highest BCUT2D eigenvalue weighted by atomic mass is 32.1. The Morgan fingerprint density at radius 2 is 1.89 bits per heavy atom. The molecule has 1 aliphatic rings. The van der Waals surface area contributed by atoms with E-state index in [2.05, 4.69) is 34.1 Å². The fourth-order valence-electron chi connectivity index (χ4n) is 2.41. The van der Waals surface area contributed by atoms with E-state index in [1.807, 2.05) is 6.20 Å². The van der Waals surface area contributed by atoms with Gasteiger partial charge in [0, 0.05) is 36.3 Å². The number of anilines is 1. The van der Waals surface area contributed by atoms with Crippen LogP contribution in [-0.4, -0.2) is 18.1 Å². The number of nitrogens with zero attached hydrogens (tertiary/aromatic N) is 1. The molecule has 0 spiro atoms. The first-order chi connectivity index (χ1) is 8.81. The highest BCUT2D eigenvalue weighted by Crippen LogP contribution is 2.22. The Hall–Kier alpha value is -1.13. The average Bonchev–Trinajstić information content (AvgIpc) is 3.02. The molecule has 3 rings (SSSR count). The second-order valence-electron chi connectivity index (χ2n) is 4.68. The number of aromatic amines is 1. The van der Waals surface area contributed by atoms with Crippen LogP contribution < -0.4 is 4.90 Å². The lowest BCUT2D eigenvalue weighted by atomic mass is 10.1. The Balaban J connectivity index is 1.72. The van der Waals surface area contributed by atoms with Gasteiger partial charge in [-0.2, -0.15) is 0 Å². The van der Waals surface area contributed by atoms with Gasteiger partial charge in [0.15, 0.2) is 3.95 Å². The molecule has 0 bridgehead atoms. The molecule has 0 unspecified atom stereocenters. The summed E-state index contributed by atoms with van der Waals surface area (Å²) < 4.78 is 0.860. The fourth-order valence-corrected chi connectivity index (χ4v) is 3.50. The Bertz CT molecular complexity index is 562. The van der Waals surface area contributed by atoms with Crippen LogP contribution in [0.25, 0.3) is 0 Å². The van der Waals surface area contributed by atoms with Gasteiger partial charge in [-0.15, -0.1) is 11.3 Å². The predicted molar refractivity (Wildman–Crippen MR) is 80.2 cm³/mol. The Kier molecular flexibility index (Phi) is 3.48. The summed E-state index contributed by atoms with van der Waals surface area (Å²) in [5.74, 6) is 0. The topological polar surface area (TPSA) is 19.0 Å². The van der Waals surface area contributed by atoms with Crippen LogP contribution in [-0.2, 0) is 6.42 Å². The Morgan fingerprint density at radius 3 is 2.50 bits per heavy atom. The highest BCUT2D eigenvalue weighted by molar-refractivity contribution is 7.73. The summed E-state index contributed by atoms with van der Waals surface area (Å²) in [5, 5.41) is 0. The maximum absolute atomic E-state index is 5.10.